The molecule has 1 heterocycles. The Hall–Kier alpha value is -2.42. The first-order valence-corrected chi connectivity index (χ1v) is 12.1. The van der Waals surface area contributed by atoms with Gasteiger partial charge in [0, 0.05) is 5.57 Å². The number of thiophene rings is 1. The number of unbranched alkanes of at least 4 members (excludes halogenated alkanes) is 2. The van der Waals surface area contributed by atoms with Crippen molar-refractivity contribution in [3.05, 3.63) is 62.9 Å². The Kier molecular flexibility index (Phi) is 8.45. The summed E-state index contributed by atoms with van der Waals surface area (Å²) in [6.07, 6.45) is 8.01. The first kappa shape index (κ1) is 23.2. The molecule has 0 spiro atoms. The number of benzene rings is 1. The Labute approximate surface area is 188 Å². The fourth-order valence-electron chi connectivity index (χ4n) is 4.56. The molecule has 3 rings (SSSR count). The van der Waals surface area contributed by atoms with Crippen LogP contribution in [-0.2, 0) is 6.42 Å². The summed E-state index contributed by atoms with van der Waals surface area (Å²) in [6.45, 7) is 2.16. The third-order valence-electron chi connectivity index (χ3n) is 6.24. The van der Waals surface area contributed by atoms with Gasteiger partial charge in [-0.3, -0.25) is 0 Å². The van der Waals surface area contributed by atoms with E-state index < -0.39 is 12.1 Å². The van der Waals surface area contributed by atoms with E-state index in [0.29, 0.717) is 10.8 Å². The Morgan fingerprint density at radius 3 is 2.68 bits per heavy atom. The van der Waals surface area contributed by atoms with Crippen LogP contribution in [0.4, 0.5) is 0 Å². The monoisotopic (exact) mass is 437 g/mol. The van der Waals surface area contributed by atoms with Gasteiger partial charge in [0.05, 0.1) is 12.2 Å². The molecular formula is C26H31NO3S. The zero-order valence-electron chi connectivity index (χ0n) is 18.1. The Balaban J connectivity index is 1.66. The number of aromatic carboxylic acids is 1. The van der Waals surface area contributed by atoms with E-state index in [2.05, 4.69) is 13.0 Å². The number of hydrogen-bond donors (Lipinski definition) is 2. The van der Waals surface area contributed by atoms with Gasteiger partial charge in [-0.15, -0.1) is 11.3 Å². The van der Waals surface area contributed by atoms with Crippen LogP contribution in [0, 0.1) is 17.2 Å². The number of aliphatic hydroxyl groups excluding tert-OH is 1. The third-order valence-corrected chi connectivity index (χ3v) is 7.18. The van der Waals surface area contributed by atoms with Gasteiger partial charge < -0.3 is 10.2 Å². The number of nitriles is 1. The maximum absolute atomic E-state index is 11.3. The quantitative estimate of drug-likeness (QED) is 0.380. The van der Waals surface area contributed by atoms with Crippen LogP contribution in [-0.4, -0.2) is 16.2 Å². The smallest absolute Gasteiger partial charge is 0.346 e. The summed E-state index contributed by atoms with van der Waals surface area (Å²) in [7, 11) is 0. The second-order valence-electron chi connectivity index (χ2n) is 8.35. The summed E-state index contributed by atoms with van der Waals surface area (Å²) in [6, 6.07) is 12.4. The van der Waals surface area contributed by atoms with Crippen molar-refractivity contribution in [3.63, 3.8) is 0 Å². The van der Waals surface area contributed by atoms with Gasteiger partial charge in [0.1, 0.15) is 4.88 Å². The topological polar surface area (TPSA) is 81.3 Å². The summed E-state index contributed by atoms with van der Waals surface area (Å²) in [4.78, 5) is 11.8. The lowest BCUT2D eigenvalue weighted by Crippen LogP contribution is -2.03. The van der Waals surface area contributed by atoms with Crippen LogP contribution >= 0.6 is 11.3 Å². The highest BCUT2D eigenvalue weighted by atomic mass is 32.1. The van der Waals surface area contributed by atoms with Crippen molar-refractivity contribution >= 4 is 22.9 Å². The second kappa shape index (κ2) is 11.3. The molecule has 0 radical (unpaired) electrons. The maximum atomic E-state index is 11.3. The van der Waals surface area contributed by atoms with E-state index in [0.717, 1.165) is 85.6 Å². The molecular weight excluding hydrogens is 406 g/mol. The van der Waals surface area contributed by atoms with Crippen LogP contribution in [0.25, 0.3) is 5.57 Å². The molecule has 0 bridgehead atoms. The molecule has 2 N–H and O–H groups in total. The average Bonchev–Trinajstić information content (AvgIpc) is 3.41. The molecule has 0 amide bonds. The van der Waals surface area contributed by atoms with Gasteiger partial charge in [0.15, 0.2) is 0 Å². The molecule has 0 fully saturated rings. The largest absolute Gasteiger partial charge is 0.477 e. The first-order chi connectivity index (χ1) is 15.0. The zero-order valence-corrected chi connectivity index (χ0v) is 19.0. The van der Waals surface area contributed by atoms with E-state index in [4.69, 9.17) is 0 Å². The molecule has 1 unspecified atom stereocenters. The van der Waals surface area contributed by atoms with Crippen molar-refractivity contribution in [1.29, 1.82) is 5.26 Å². The van der Waals surface area contributed by atoms with Crippen molar-refractivity contribution in [2.45, 2.75) is 70.8 Å². The Morgan fingerprint density at radius 2 is 2.00 bits per heavy atom. The molecule has 1 aromatic carbocycles. The van der Waals surface area contributed by atoms with Crippen LogP contribution in [0.5, 0.6) is 0 Å². The Bertz CT molecular complexity index is 952. The lowest BCUT2D eigenvalue weighted by atomic mass is 9.88. The van der Waals surface area contributed by atoms with Gasteiger partial charge >= 0.3 is 5.97 Å². The standard InChI is InChI=1S/C26H31NO3S/c1-2-3-4-8-23(28)18-9-11-20(12-10-18)24-19(13-14-22(24)17-27)6-5-7-21-15-16-31-25(21)26(29)30/h9-12,15-16,19,23,28H,2-8,13-14H2,1H3,(H,29,30)/t19-,23?/m0/s1. The molecule has 1 aliphatic rings. The van der Waals surface area contributed by atoms with Crippen LogP contribution in [0.15, 0.2) is 41.3 Å². The predicted molar refractivity (Wildman–Crippen MR) is 125 cm³/mol. The fourth-order valence-corrected chi connectivity index (χ4v) is 5.35. The lowest BCUT2D eigenvalue weighted by molar-refractivity contribution is 0.0701. The van der Waals surface area contributed by atoms with Crippen molar-refractivity contribution < 1.29 is 15.0 Å². The van der Waals surface area contributed by atoms with Crippen molar-refractivity contribution in [1.82, 2.24) is 0 Å². The molecule has 2 atom stereocenters. The van der Waals surface area contributed by atoms with Gasteiger partial charge in [0.2, 0.25) is 0 Å². The van der Waals surface area contributed by atoms with Gasteiger partial charge in [-0.25, -0.2) is 4.79 Å². The summed E-state index contributed by atoms with van der Waals surface area (Å²) in [5, 5.41) is 31.2. The number of hydrogen-bond acceptors (Lipinski definition) is 4. The molecule has 0 saturated carbocycles. The van der Waals surface area contributed by atoms with E-state index in [-0.39, 0.29) is 0 Å². The van der Waals surface area contributed by atoms with Crippen LogP contribution in [0.2, 0.25) is 0 Å². The third kappa shape index (κ3) is 5.84. The normalized spacial score (nSPS) is 17.0. The molecule has 31 heavy (non-hydrogen) atoms. The molecule has 5 heteroatoms. The van der Waals surface area contributed by atoms with Crippen molar-refractivity contribution in [2.24, 2.45) is 5.92 Å². The minimum absolute atomic E-state index is 0.321. The number of aryl methyl sites for hydroxylation is 1. The number of aliphatic hydroxyl groups is 1. The van der Waals surface area contributed by atoms with Gasteiger partial charge in [-0.2, -0.15) is 5.26 Å². The highest BCUT2D eigenvalue weighted by Gasteiger charge is 2.27. The van der Waals surface area contributed by atoms with Crippen molar-refractivity contribution in [2.75, 3.05) is 0 Å². The first-order valence-electron chi connectivity index (χ1n) is 11.3. The van der Waals surface area contributed by atoms with Gasteiger partial charge in [-0.05, 0) is 78.2 Å². The zero-order chi connectivity index (χ0) is 22.2. The summed E-state index contributed by atoms with van der Waals surface area (Å²) in [5.74, 6) is -0.530. The number of allylic oxidation sites excluding steroid dienone is 2. The van der Waals surface area contributed by atoms with Crippen LogP contribution < -0.4 is 0 Å². The minimum Gasteiger partial charge on any atom is -0.477 e. The van der Waals surface area contributed by atoms with Crippen LogP contribution in [0.1, 0.15) is 90.8 Å². The number of rotatable bonds is 11. The molecule has 0 saturated heterocycles. The number of carboxylic acid groups (broad SMARTS) is 1. The molecule has 0 aliphatic heterocycles. The second-order valence-corrected chi connectivity index (χ2v) is 9.26. The van der Waals surface area contributed by atoms with Crippen LogP contribution in [0.3, 0.4) is 0 Å². The van der Waals surface area contributed by atoms with E-state index >= 15 is 0 Å². The molecule has 1 aromatic heterocycles. The number of carboxylic acids is 1. The lowest BCUT2D eigenvalue weighted by Gasteiger charge is -2.17. The van der Waals surface area contributed by atoms with Gasteiger partial charge in [0.25, 0.3) is 0 Å². The summed E-state index contributed by atoms with van der Waals surface area (Å²) >= 11 is 1.28. The molecule has 164 valence electrons. The van der Waals surface area contributed by atoms with E-state index in [9.17, 15) is 20.3 Å². The summed E-state index contributed by atoms with van der Waals surface area (Å²) in [5.41, 5.74) is 4.92. The van der Waals surface area contributed by atoms with E-state index in [1.54, 1.807) is 0 Å². The van der Waals surface area contributed by atoms with Gasteiger partial charge in [-0.1, -0.05) is 50.5 Å². The predicted octanol–water partition coefficient (Wildman–Crippen LogP) is 6.77. The molecule has 1 aliphatic carbocycles. The molecule has 4 nitrogen and oxygen atoms in total. The molecule has 2 aromatic rings. The van der Waals surface area contributed by atoms with E-state index in [1.165, 1.54) is 11.3 Å². The SMILES string of the molecule is CCCCCC(O)c1ccc(C2=C(C#N)CC[C@@H]2CCCc2ccsc2C(=O)O)cc1. The number of nitrogens with zero attached hydrogens (tertiary/aromatic N) is 1. The minimum atomic E-state index is -0.852. The fraction of sp³-hybridized carbons (Fsp3) is 0.462. The summed E-state index contributed by atoms with van der Waals surface area (Å²) < 4.78 is 0. The number of carbonyl (C=O) groups is 1. The van der Waals surface area contributed by atoms with Crippen molar-refractivity contribution in [3.8, 4) is 6.07 Å². The Morgan fingerprint density at radius 1 is 1.23 bits per heavy atom. The highest BCUT2D eigenvalue weighted by Crippen LogP contribution is 2.41. The van der Waals surface area contributed by atoms with E-state index in [1.807, 2.05) is 35.7 Å². The maximum Gasteiger partial charge on any atom is 0.346 e. The average molecular weight is 438 g/mol. The highest BCUT2D eigenvalue weighted by molar-refractivity contribution is 7.12.